The lowest BCUT2D eigenvalue weighted by atomic mass is 10.1. The molecule has 0 aliphatic heterocycles. The number of benzene rings is 1. The van der Waals surface area contributed by atoms with Crippen molar-refractivity contribution in [1.82, 2.24) is 0 Å². The molecule has 0 radical (unpaired) electrons. The summed E-state index contributed by atoms with van der Waals surface area (Å²) in [6, 6.07) is 3.01. The van der Waals surface area contributed by atoms with Crippen molar-refractivity contribution >= 4 is 27.7 Å². The van der Waals surface area contributed by atoms with Crippen LogP contribution in [0, 0.1) is 5.82 Å². The minimum absolute atomic E-state index is 0.114. The third-order valence-corrected chi connectivity index (χ3v) is 3.08. The highest BCUT2D eigenvalue weighted by molar-refractivity contribution is 9.10. The smallest absolute Gasteiger partial charge is 0.412 e. The Morgan fingerprint density at radius 2 is 2.06 bits per heavy atom. The van der Waals surface area contributed by atoms with Crippen LogP contribution >= 0.6 is 15.9 Å². The minimum atomic E-state index is -0.671. The van der Waals surface area contributed by atoms with Crippen LogP contribution < -0.4 is 5.32 Å². The average molecular weight is 318 g/mol. The molecule has 0 bridgehead atoms. The lowest BCUT2D eigenvalue weighted by molar-refractivity contribution is 0.0635. The maximum absolute atomic E-state index is 13.7. The molecule has 3 nitrogen and oxygen atoms in total. The Balaban J connectivity index is 2.94. The van der Waals surface area contributed by atoms with Crippen molar-refractivity contribution in [1.29, 1.82) is 0 Å². The number of carbonyl (C=O) groups is 1. The Morgan fingerprint density at radius 1 is 1.44 bits per heavy atom. The van der Waals surface area contributed by atoms with Crippen LogP contribution in [0.25, 0.3) is 0 Å². The molecule has 5 heteroatoms. The van der Waals surface area contributed by atoms with Gasteiger partial charge in [0.1, 0.15) is 11.4 Å². The fourth-order valence-electron chi connectivity index (χ4n) is 1.39. The van der Waals surface area contributed by atoms with E-state index in [0.717, 1.165) is 12.0 Å². The monoisotopic (exact) mass is 317 g/mol. The quantitative estimate of drug-likeness (QED) is 0.872. The standard InChI is InChI=1S/C13H17BrFNO2/c1-5-8-6-7-9(15)11(10(8)14)16-12(17)18-13(2,3)4/h6-7H,5H2,1-4H3,(H,16,17). The maximum atomic E-state index is 13.7. The van der Waals surface area contributed by atoms with E-state index in [9.17, 15) is 9.18 Å². The largest absolute Gasteiger partial charge is 0.444 e. The Labute approximate surface area is 115 Å². The van der Waals surface area contributed by atoms with Gasteiger partial charge in [-0.05, 0) is 54.8 Å². The van der Waals surface area contributed by atoms with E-state index in [4.69, 9.17) is 4.74 Å². The third-order valence-electron chi connectivity index (χ3n) is 2.18. The normalized spacial score (nSPS) is 11.2. The number of rotatable bonds is 2. The van der Waals surface area contributed by atoms with Crippen molar-refractivity contribution in [3.63, 3.8) is 0 Å². The fraction of sp³-hybridized carbons (Fsp3) is 0.462. The Hall–Kier alpha value is -1.10. The Bertz CT molecular complexity index is 455. The van der Waals surface area contributed by atoms with Crippen molar-refractivity contribution in [3.05, 3.63) is 28.0 Å². The van der Waals surface area contributed by atoms with Crippen LogP contribution in [0.1, 0.15) is 33.3 Å². The summed E-state index contributed by atoms with van der Waals surface area (Å²) in [5, 5.41) is 2.43. The molecule has 0 aliphatic carbocycles. The summed E-state index contributed by atoms with van der Waals surface area (Å²) in [5.74, 6) is -0.495. The summed E-state index contributed by atoms with van der Waals surface area (Å²) in [5.41, 5.74) is 0.418. The van der Waals surface area contributed by atoms with Crippen molar-refractivity contribution in [2.45, 2.75) is 39.7 Å². The first-order valence-electron chi connectivity index (χ1n) is 5.71. The summed E-state index contributed by atoms with van der Waals surface area (Å²) in [6.45, 7) is 7.20. The van der Waals surface area contributed by atoms with Gasteiger partial charge < -0.3 is 4.74 Å². The summed E-state index contributed by atoms with van der Waals surface area (Å²) in [6.07, 6.45) is 0.0690. The minimum Gasteiger partial charge on any atom is -0.444 e. The van der Waals surface area contributed by atoms with Crippen LogP contribution in [-0.4, -0.2) is 11.7 Å². The van der Waals surface area contributed by atoms with Gasteiger partial charge in [0.05, 0.1) is 5.69 Å². The number of hydrogen-bond donors (Lipinski definition) is 1. The SMILES string of the molecule is CCc1ccc(F)c(NC(=O)OC(C)(C)C)c1Br. The third kappa shape index (κ3) is 3.98. The first-order chi connectivity index (χ1) is 8.24. The molecule has 0 spiro atoms. The highest BCUT2D eigenvalue weighted by atomic mass is 79.9. The van der Waals surface area contributed by atoms with Crippen LogP contribution in [0.15, 0.2) is 16.6 Å². The number of halogens is 2. The van der Waals surface area contributed by atoms with Gasteiger partial charge in [-0.3, -0.25) is 5.32 Å². The van der Waals surface area contributed by atoms with Gasteiger partial charge >= 0.3 is 6.09 Å². The molecule has 0 unspecified atom stereocenters. The van der Waals surface area contributed by atoms with E-state index in [1.807, 2.05) is 6.92 Å². The van der Waals surface area contributed by atoms with Gasteiger partial charge in [-0.2, -0.15) is 0 Å². The zero-order valence-electron chi connectivity index (χ0n) is 10.9. The van der Waals surface area contributed by atoms with E-state index >= 15 is 0 Å². The number of ether oxygens (including phenoxy) is 1. The van der Waals surface area contributed by atoms with Gasteiger partial charge in [-0.1, -0.05) is 13.0 Å². The number of aryl methyl sites for hydroxylation is 1. The predicted octanol–water partition coefficient (Wildman–Crippen LogP) is 4.50. The Morgan fingerprint density at radius 3 is 2.56 bits per heavy atom. The van der Waals surface area contributed by atoms with Crippen molar-refractivity contribution in [3.8, 4) is 0 Å². The van der Waals surface area contributed by atoms with Gasteiger partial charge in [0.2, 0.25) is 0 Å². The molecule has 1 rings (SSSR count). The lowest BCUT2D eigenvalue weighted by Crippen LogP contribution is -2.27. The molecular weight excluding hydrogens is 301 g/mol. The maximum Gasteiger partial charge on any atom is 0.412 e. The van der Waals surface area contributed by atoms with Gasteiger partial charge in [0, 0.05) is 4.47 Å². The summed E-state index contributed by atoms with van der Waals surface area (Å²) in [4.78, 5) is 11.6. The Kier molecular flexibility index (Phi) is 4.73. The van der Waals surface area contributed by atoms with Crippen molar-refractivity contribution in [2.75, 3.05) is 5.32 Å². The van der Waals surface area contributed by atoms with Crippen molar-refractivity contribution < 1.29 is 13.9 Å². The first kappa shape index (κ1) is 15.0. The predicted molar refractivity (Wildman–Crippen MR) is 73.3 cm³/mol. The zero-order chi connectivity index (χ0) is 13.9. The van der Waals surface area contributed by atoms with Gasteiger partial charge in [-0.25, -0.2) is 9.18 Å². The number of carbonyl (C=O) groups excluding carboxylic acids is 1. The summed E-state index contributed by atoms with van der Waals surface area (Å²) < 4.78 is 19.3. The molecule has 0 heterocycles. The second-order valence-corrected chi connectivity index (χ2v) is 5.67. The van der Waals surface area contributed by atoms with Crippen LogP contribution in [-0.2, 0) is 11.2 Å². The molecule has 100 valence electrons. The van der Waals surface area contributed by atoms with E-state index in [1.54, 1.807) is 26.8 Å². The average Bonchev–Trinajstić information content (AvgIpc) is 2.22. The highest BCUT2D eigenvalue weighted by Crippen LogP contribution is 2.30. The van der Waals surface area contributed by atoms with Gasteiger partial charge in [0.25, 0.3) is 0 Å². The molecule has 0 aromatic heterocycles. The van der Waals surface area contributed by atoms with E-state index in [1.165, 1.54) is 6.07 Å². The molecule has 0 saturated heterocycles. The number of hydrogen-bond acceptors (Lipinski definition) is 2. The highest BCUT2D eigenvalue weighted by Gasteiger charge is 2.19. The topological polar surface area (TPSA) is 38.3 Å². The molecule has 1 N–H and O–H groups in total. The molecule has 1 amide bonds. The van der Waals surface area contributed by atoms with E-state index < -0.39 is 17.5 Å². The lowest BCUT2D eigenvalue weighted by Gasteiger charge is -2.20. The molecule has 18 heavy (non-hydrogen) atoms. The van der Waals surface area contributed by atoms with Crippen molar-refractivity contribution in [2.24, 2.45) is 0 Å². The van der Waals surface area contributed by atoms with Gasteiger partial charge in [-0.15, -0.1) is 0 Å². The van der Waals surface area contributed by atoms with E-state index in [-0.39, 0.29) is 5.69 Å². The van der Waals surface area contributed by atoms with Crippen LogP contribution in [0.4, 0.5) is 14.9 Å². The van der Waals surface area contributed by atoms with Crippen LogP contribution in [0.5, 0.6) is 0 Å². The summed E-state index contributed by atoms with van der Waals surface area (Å²) in [7, 11) is 0. The molecule has 0 aliphatic rings. The van der Waals surface area contributed by atoms with E-state index in [2.05, 4.69) is 21.2 Å². The second-order valence-electron chi connectivity index (χ2n) is 4.88. The van der Waals surface area contributed by atoms with E-state index in [0.29, 0.717) is 4.47 Å². The van der Waals surface area contributed by atoms with Gasteiger partial charge in [0.15, 0.2) is 0 Å². The summed E-state index contributed by atoms with van der Waals surface area (Å²) >= 11 is 3.29. The first-order valence-corrected chi connectivity index (χ1v) is 6.50. The number of amides is 1. The molecular formula is C13H17BrFNO2. The zero-order valence-corrected chi connectivity index (χ0v) is 12.5. The molecule has 0 fully saturated rings. The van der Waals surface area contributed by atoms with Crippen LogP contribution in [0.2, 0.25) is 0 Å². The molecule has 0 atom stereocenters. The fourth-order valence-corrected chi connectivity index (χ4v) is 2.09. The number of nitrogens with one attached hydrogen (secondary N) is 1. The molecule has 1 aromatic rings. The van der Waals surface area contributed by atoms with Crippen LogP contribution in [0.3, 0.4) is 0 Å². The number of anilines is 1. The molecule has 1 aromatic carbocycles. The molecule has 0 saturated carbocycles. The second kappa shape index (κ2) is 5.69.